The minimum Gasteiger partial charge on any atom is -0.457 e. The van der Waals surface area contributed by atoms with Crippen molar-refractivity contribution in [3.8, 4) is 0 Å². The first-order valence-corrected chi connectivity index (χ1v) is 12.3. The number of aliphatic hydroxyl groups is 3. The monoisotopic (exact) mass is 468 g/mol. The van der Waals surface area contributed by atoms with Gasteiger partial charge in [0.05, 0.1) is 18.3 Å². The Morgan fingerprint density at radius 1 is 1.15 bits per heavy atom. The van der Waals surface area contributed by atoms with Crippen LogP contribution in [-0.2, 0) is 14.3 Å². The number of Topliss-reactive ketones (excluding diaryl/α,β-unsaturated/α-hetero) is 1. The number of ether oxygens (including phenoxy) is 2. The Morgan fingerprint density at radius 2 is 1.85 bits per heavy atom. The molecule has 6 aliphatic rings. The lowest BCUT2D eigenvalue weighted by atomic mass is 9.35. The summed E-state index contributed by atoms with van der Waals surface area (Å²) in [6.45, 7) is 8.16. The number of hydrogen-bond donors (Lipinski definition) is 3. The molecule has 1 aromatic rings. The van der Waals surface area contributed by atoms with Crippen molar-refractivity contribution < 1.29 is 34.4 Å². The van der Waals surface area contributed by atoms with Crippen LogP contribution < -0.4 is 0 Å². The average Bonchev–Trinajstić information content (AvgIpc) is 2.93. The summed E-state index contributed by atoms with van der Waals surface area (Å²) >= 11 is 0. The summed E-state index contributed by atoms with van der Waals surface area (Å²) in [5.41, 5.74) is -2.40. The van der Waals surface area contributed by atoms with Crippen LogP contribution in [0.15, 0.2) is 42.5 Å². The zero-order valence-corrected chi connectivity index (χ0v) is 19.6. The third-order valence-corrected chi connectivity index (χ3v) is 10.1. The van der Waals surface area contributed by atoms with E-state index in [1.54, 1.807) is 30.3 Å². The number of rotatable bonds is 2. The fourth-order valence-corrected chi connectivity index (χ4v) is 8.80. The molecule has 9 unspecified atom stereocenters. The van der Waals surface area contributed by atoms with Gasteiger partial charge in [-0.15, -0.1) is 0 Å². The molecule has 2 heterocycles. The third kappa shape index (κ3) is 2.28. The number of hydrogen-bond acceptors (Lipinski definition) is 7. The molecule has 1 aromatic carbocycles. The molecule has 2 aliphatic heterocycles. The quantitative estimate of drug-likeness (QED) is 0.451. The Labute approximate surface area is 198 Å². The molecule has 0 amide bonds. The molecular formula is C27H32O7. The lowest BCUT2D eigenvalue weighted by molar-refractivity contribution is -0.457. The lowest BCUT2D eigenvalue weighted by Gasteiger charge is -2.74. The van der Waals surface area contributed by atoms with Gasteiger partial charge in [0.1, 0.15) is 17.6 Å². The van der Waals surface area contributed by atoms with Crippen molar-refractivity contribution in [1.29, 1.82) is 0 Å². The predicted octanol–water partition coefficient (Wildman–Crippen LogP) is 2.24. The van der Waals surface area contributed by atoms with E-state index >= 15 is 0 Å². The number of fused-ring (bicyclic) bond motifs is 2. The molecule has 2 spiro atoms. The smallest absolute Gasteiger partial charge is 0.338 e. The largest absolute Gasteiger partial charge is 0.457 e. The van der Waals surface area contributed by atoms with Crippen molar-refractivity contribution in [3.63, 3.8) is 0 Å². The number of ketones is 1. The van der Waals surface area contributed by atoms with Crippen molar-refractivity contribution in [2.24, 2.45) is 34.0 Å². The predicted molar refractivity (Wildman–Crippen MR) is 120 cm³/mol. The Hall–Kier alpha value is -2.06. The van der Waals surface area contributed by atoms with E-state index < -0.39 is 64.4 Å². The second-order valence-electron chi connectivity index (χ2n) is 11.7. The van der Waals surface area contributed by atoms with Gasteiger partial charge in [0.2, 0.25) is 5.79 Å². The summed E-state index contributed by atoms with van der Waals surface area (Å²) in [5, 5.41) is 35.3. The average molecular weight is 469 g/mol. The van der Waals surface area contributed by atoms with Gasteiger partial charge >= 0.3 is 5.97 Å². The highest BCUT2D eigenvalue weighted by molar-refractivity contribution is 6.05. The topological polar surface area (TPSA) is 113 Å². The Bertz CT molecular complexity index is 1080. The number of benzene rings is 1. The highest BCUT2D eigenvalue weighted by Crippen LogP contribution is 2.76. The van der Waals surface area contributed by atoms with Crippen LogP contribution in [0.4, 0.5) is 0 Å². The molecule has 7 rings (SSSR count). The minimum absolute atomic E-state index is 0.0476. The van der Waals surface area contributed by atoms with Crippen LogP contribution in [0.2, 0.25) is 0 Å². The fourth-order valence-electron chi connectivity index (χ4n) is 8.80. The van der Waals surface area contributed by atoms with Crippen LogP contribution in [0, 0.1) is 34.0 Å². The van der Waals surface area contributed by atoms with Gasteiger partial charge < -0.3 is 24.8 Å². The molecule has 2 saturated heterocycles. The molecule has 7 nitrogen and oxygen atoms in total. The molecule has 182 valence electrons. The van der Waals surface area contributed by atoms with Gasteiger partial charge in [-0.2, -0.15) is 0 Å². The van der Waals surface area contributed by atoms with Crippen molar-refractivity contribution in [3.05, 3.63) is 48.0 Å². The Morgan fingerprint density at radius 3 is 2.56 bits per heavy atom. The molecule has 0 aromatic heterocycles. The molecule has 4 saturated carbocycles. The SMILES string of the molecule is C=C1C(=O)C23C(OC(=O)c4ccccc4)C1CCC2C12COC3(O)C(O)C1C(C)(C)CCC2O. The van der Waals surface area contributed by atoms with Gasteiger partial charge in [0.15, 0.2) is 5.78 Å². The zero-order chi connectivity index (χ0) is 24.3. The third-order valence-electron chi connectivity index (χ3n) is 10.1. The highest BCUT2D eigenvalue weighted by atomic mass is 16.6. The first kappa shape index (κ1) is 22.4. The second kappa shape index (κ2) is 6.78. The van der Waals surface area contributed by atoms with E-state index in [-0.39, 0.29) is 12.0 Å². The van der Waals surface area contributed by atoms with Gasteiger partial charge in [-0.05, 0) is 54.7 Å². The number of carbonyl (C=O) groups excluding carboxylic acids is 2. The standard InChI is InChI=1S/C27H32O7/c1-14-16-9-10-17-25-13-33-27(32,21(30)19(25)24(2,3)12-11-18(25)28)26(17,20(14)29)22(16)34-23(31)15-7-5-4-6-8-15/h4-8,16-19,21-22,28,30,32H,1,9-13H2,2-3H3. The highest BCUT2D eigenvalue weighted by Gasteiger charge is 2.87. The van der Waals surface area contributed by atoms with Gasteiger partial charge in [-0.25, -0.2) is 4.79 Å². The van der Waals surface area contributed by atoms with E-state index in [9.17, 15) is 24.9 Å². The van der Waals surface area contributed by atoms with E-state index in [1.807, 2.05) is 13.8 Å². The van der Waals surface area contributed by atoms with Crippen LogP contribution in [0.3, 0.4) is 0 Å². The van der Waals surface area contributed by atoms with Crippen LogP contribution in [0.5, 0.6) is 0 Å². The molecular weight excluding hydrogens is 436 g/mol. The fraction of sp³-hybridized carbons (Fsp3) is 0.630. The van der Waals surface area contributed by atoms with Crippen LogP contribution in [-0.4, -0.2) is 57.8 Å². The van der Waals surface area contributed by atoms with Crippen LogP contribution in [0.1, 0.15) is 49.9 Å². The first-order valence-electron chi connectivity index (χ1n) is 12.3. The summed E-state index contributed by atoms with van der Waals surface area (Å²) in [5.74, 6) is -4.72. The van der Waals surface area contributed by atoms with Crippen LogP contribution in [0.25, 0.3) is 0 Å². The van der Waals surface area contributed by atoms with E-state index in [2.05, 4.69) is 6.58 Å². The van der Waals surface area contributed by atoms with E-state index in [0.29, 0.717) is 36.8 Å². The Balaban J connectivity index is 1.54. The van der Waals surface area contributed by atoms with E-state index in [0.717, 1.165) is 0 Å². The molecule has 4 aliphatic carbocycles. The van der Waals surface area contributed by atoms with Gasteiger partial charge in [0, 0.05) is 17.3 Å². The van der Waals surface area contributed by atoms with Crippen LogP contribution >= 0.6 is 0 Å². The van der Waals surface area contributed by atoms with E-state index in [1.165, 1.54) is 0 Å². The maximum absolute atomic E-state index is 14.0. The normalized spacial score (nSPS) is 48.3. The van der Waals surface area contributed by atoms with Crippen molar-refractivity contribution in [2.45, 2.75) is 63.6 Å². The molecule has 7 heteroatoms. The molecule has 34 heavy (non-hydrogen) atoms. The molecule has 6 fully saturated rings. The maximum Gasteiger partial charge on any atom is 0.338 e. The summed E-state index contributed by atoms with van der Waals surface area (Å²) in [6, 6.07) is 8.51. The molecule has 4 bridgehead atoms. The Kier molecular flexibility index (Phi) is 4.47. The van der Waals surface area contributed by atoms with Gasteiger partial charge in [-0.1, -0.05) is 38.6 Å². The van der Waals surface area contributed by atoms with Gasteiger partial charge in [0.25, 0.3) is 0 Å². The number of esters is 1. The van der Waals surface area contributed by atoms with E-state index in [4.69, 9.17) is 9.47 Å². The number of aliphatic hydroxyl groups excluding tert-OH is 2. The maximum atomic E-state index is 14.0. The minimum atomic E-state index is -2.24. The van der Waals surface area contributed by atoms with Crippen molar-refractivity contribution in [2.75, 3.05) is 6.61 Å². The number of carbonyl (C=O) groups is 2. The summed E-state index contributed by atoms with van der Waals surface area (Å²) in [7, 11) is 0. The van der Waals surface area contributed by atoms with Crippen molar-refractivity contribution in [1.82, 2.24) is 0 Å². The lowest BCUT2D eigenvalue weighted by Crippen LogP contribution is -2.85. The zero-order valence-electron chi connectivity index (χ0n) is 19.6. The second-order valence-corrected chi connectivity index (χ2v) is 11.7. The molecule has 3 N–H and O–H groups in total. The summed E-state index contributed by atoms with van der Waals surface area (Å²) < 4.78 is 12.1. The first-order chi connectivity index (χ1) is 16.0. The van der Waals surface area contributed by atoms with Crippen molar-refractivity contribution >= 4 is 11.8 Å². The molecule has 0 radical (unpaired) electrons. The summed E-state index contributed by atoms with van der Waals surface area (Å²) in [6.07, 6.45) is -0.965. The van der Waals surface area contributed by atoms with Gasteiger partial charge in [-0.3, -0.25) is 4.79 Å². The summed E-state index contributed by atoms with van der Waals surface area (Å²) in [4.78, 5) is 27.2. The molecule has 9 atom stereocenters.